The smallest absolute Gasteiger partial charge is 0.127 e. The predicted octanol–water partition coefficient (Wildman–Crippen LogP) is 3.67. The summed E-state index contributed by atoms with van der Waals surface area (Å²) in [5, 5.41) is 4.99. The summed E-state index contributed by atoms with van der Waals surface area (Å²) in [6.45, 7) is 2.09. The number of nitrogens with zero attached hydrogens (tertiary/aromatic N) is 2. The Kier molecular flexibility index (Phi) is 3.56. The summed E-state index contributed by atoms with van der Waals surface area (Å²) in [6, 6.07) is 10.4. The number of benzene rings is 1. The minimum absolute atomic E-state index is 0.680. The molecule has 0 bridgehead atoms. The van der Waals surface area contributed by atoms with Crippen LogP contribution in [0.5, 0.6) is 0 Å². The van der Waals surface area contributed by atoms with Gasteiger partial charge >= 0.3 is 0 Å². The van der Waals surface area contributed by atoms with Gasteiger partial charge in [-0.1, -0.05) is 29.3 Å². The van der Waals surface area contributed by atoms with Crippen LogP contribution >= 0.6 is 23.4 Å². The van der Waals surface area contributed by atoms with E-state index in [0.717, 1.165) is 11.4 Å². The monoisotopic (exact) mass is 252 g/mol. The summed E-state index contributed by atoms with van der Waals surface area (Å²) >= 11 is 7.69. The van der Waals surface area contributed by atoms with Gasteiger partial charge in [0.15, 0.2) is 0 Å². The zero-order chi connectivity index (χ0) is 11.5. The molecule has 0 aliphatic carbocycles. The van der Waals surface area contributed by atoms with E-state index in [9.17, 15) is 0 Å². The number of thioether (sulfide) groups is 1. The van der Waals surface area contributed by atoms with Crippen LogP contribution in [0.15, 0.2) is 35.2 Å². The third-order valence-corrected chi connectivity index (χ3v) is 3.68. The van der Waals surface area contributed by atoms with Crippen molar-refractivity contribution < 1.29 is 0 Å². The highest BCUT2D eigenvalue weighted by atomic mass is 35.5. The summed E-state index contributed by atoms with van der Waals surface area (Å²) in [7, 11) is 1.85. The van der Waals surface area contributed by atoms with Gasteiger partial charge in [0, 0.05) is 17.7 Å². The van der Waals surface area contributed by atoms with Crippen molar-refractivity contribution in [1.29, 1.82) is 0 Å². The number of aryl methyl sites for hydroxylation is 2. The van der Waals surface area contributed by atoms with E-state index in [-0.39, 0.29) is 0 Å². The maximum atomic E-state index is 5.92. The number of rotatable bonds is 3. The fourth-order valence-corrected chi connectivity index (χ4v) is 2.31. The molecule has 0 atom stereocenters. The molecule has 1 aromatic heterocycles. The molecule has 0 saturated heterocycles. The first-order chi connectivity index (χ1) is 7.65. The zero-order valence-corrected chi connectivity index (χ0v) is 10.8. The van der Waals surface area contributed by atoms with Crippen LogP contribution in [0.1, 0.15) is 11.3 Å². The van der Waals surface area contributed by atoms with Gasteiger partial charge in [-0.2, -0.15) is 5.10 Å². The quantitative estimate of drug-likeness (QED) is 0.776. The van der Waals surface area contributed by atoms with Gasteiger partial charge in [-0.15, -0.1) is 11.8 Å². The summed E-state index contributed by atoms with van der Waals surface area (Å²) < 4.78 is 1.69. The van der Waals surface area contributed by atoms with Crippen molar-refractivity contribution in [2.75, 3.05) is 0 Å². The second kappa shape index (κ2) is 4.93. The lowest BCUT2D eigenvalue weighted by Crippen LogP contribution is -1.90. The van der Waals surface area contributed by atoms with Crippen LogP contribution in [0, 0.1) is 6.92 Å². The second-order valence-electron chi connectivity index (χ2n) is 3.68. The van der Waals surface area contributed by atoms with Crippen molar-refractivity contribution >= 4 is 23.4 Å². The molecule has 16 heavy (non-hydrogen) atoms. The first-order valence-electron chi connectivity index (χ1n) is 5.03. The van der Waals surface area contributed by atoms with Gasteiger partial charge in [0.25, 0.3) is 0 Å². The Balaban J connectivity index is 1.99. The summed E-state index contributed by atoms with van der Waals surface area (Å²) in [5.41, 5.74) is 2.29. The van der Waals surface area contributed by atoms with Crippen LogP contribution in [0.4, 0.5) is 0 Å². The number of halogens is 1. The topological polar surface area (TPSA) is 17.8 Å². The molecule has 0 radical (unpaired) electrons. The molecule has 0 fully saturated rings. The van der Waals surface area contributed by atoms with Gasteiger partial charge in [0.05, 0.1) is 5.69 Å². The number of hydrogen-bond acceptors (Lipinski definition) is 2. The van der Waals surface area contributed by atoms with E-state index in [1.165, 1.54) is 10.5 Å². The van der Waals surface area contributed by atoms with E-state index >= 15 is 0 Å². The van der Waals surface area contributed by atoms with Crippen LogP contribution in [0.2, 0.25) is 5.15 Å². The first kappa shape index (κ1) is 11.6. The lowest BCUT2D eigenvalue weighted by atomic mass is 10.2. The standard InChI is InChI=1S/C12H13ClN2S/c1-9-3-5-11(6-4-9)16-8-10-7-12(13)15(2)14-10/h3-7H,8H2,1-2H3. The molecule has 0 aliphatic rings. The molecule has 2 aromatic rings. The molecule has 0 amide bonds. The van der Waals surface area contributed by atoms with E-state index < -0.39 is 0 Å². The van der Waals surface area contributed by atoms with Crippen LogP contribution in [-0.2, 0) is 12.8 Å². The highest BCUT2D eigenvalue weighted by molar-refractivity contribution is 7.98. The highest BCUT2D eigenvalue weighted by Gasteiger charge is 2.03. The van der Waals surface area contributed by atoms with Crippen molar-refractivity contribution in [3.8, 4) is 0 Å². The highest BCUT2D eigenvalue weighted by Crippen LogP contribution is 2.23. The Hall–Kier alpha value is -0.930. The van der Waals surface area contributed by atoms with Gasteiger partial charge < -0.3 is 0 Å². The number of hydrogen-bond donors (Lipinski definition) is 0. The maximum absolute atomic E-state index is 5.92. The summed E-state index contributed by atoms with van der Waals surface area (Å²) in [4.78, 5) is 1.26. The lowest BCUT2D eigenvalue weighted by Gasteiger charge is -1.99. The molecule has 2 rings (SSSR count). The Morgan fingerprint density at radius 3 is 2.56 bits per heavy atom. The van der Waals surface area contributed by atoms with Crippen molar-refractivity contribution in [2.24, 2.45) is 7.05 Å². The molecule has 0 unspecified atom stereocenters. The molecule has 0 N–H and O–H groups in total. The third kappa shape index (κ3) is 2.80. The molecule has 0 spiro atoms. The fourth-order valence-electron chi connectivity index (χ4n) is 1.36. The van der Waals surface area contributed by atoms with Crippen LogP contribution < -0.4 is 0 Å². The average Bonchev–Trinajstić information content (AvgIpc) is 2.58. The summed E-state index contributed by atoms with van der Waals surface area (Å²) in [6.07, 6.45) is 0. The van der Waals surface area contributed by atoms with Crippen LogP contribution in [-0.4, -0.2) is 9.78 Å². The Morgan fingerprint density at radius 2 is 2.00 bits per heavy atom. The second-order valence-corrected chi connectivity index (χ2v) is 5.12. The normalized spacial score (nSPS) is 10.7. The SMILES string of the molecule is Cc1ccc(SCc2cc(Cl)n(C)n2)cc1. The average molecular weight is 253 g/mol. The van der Waals surface area contributed by atoms with Crippen molar-refractivity contribution in [1.82, 2.24) is 9.78 Å². The van der Waals surface area contributed by atoms with E-state index in [1.807, 2.05) is 13.1 Å². The molecule has 0 saturated carbocycles. The fraction of sp³-hybridized carbons (Fsp3) is 0.250. The molecule has 1 heterocycles. The molecule has 4 heteroatoms. The first-order valence-corrected chi connectivity index (χ1v) is 6.39. The van der Waals surface area contributed by atoms with Gasteiger partial charge in [0.2, 0.25) is 0 Å². The van der Waals surface area contributed by atoms with E-state index in [1.54, 1.807) is 16.4 Å². The zero-order valence-electron chi connectivity index (χ0n) is 9.27. The molecular formula is C12H13ClN2S. The van der Waals surface area contributed by atoms with E-state index in [2.05, 4.69) is 36.3 Å². The minimum Gasteiger partial charge on any atom is -0.257 e. The predicted molar refractivity (Wildman–Crippen MR) is 69.0 cm³/mol. The molecule has 0 aliphatic heterocycles. The van der Waals surface area contributed by atoms with Gasteiger partial charge in [-0.05, 0) is 25.1 Å². The molecular weight excluding hydrogens is 240 g/mol. The van der Waals surface area contributed by atoms with Crippen molar-refractivity contribution in [3.63, 3.8) is 0 Å². The molecule has 1 aromatic carbocycles. The largest absolute Gasteiger partial charge is 0.257 e. The van der Waals surface area contributed by atoms with Gasteiger partial charge in [-0.25, -0.2) is 0 Å². The third-order valence-electron chi connectivity index (χ3n) is 2.28. The molecule has 2 nitrogen and oxygen atoms in total. The van der Waals surface area contributed by atoms with Crippen LogP contribution in [0.3, 0.4) is 0 Å². The van der Waals surface area contributed by atoms with Crippen molar-refractivity contribution in [3.05, 3.63) is 46.7 Å². The van der Waals surface area contributed by atoms with Crippen LogP contribution in [0.25, 0.3) is 0 Å². The summed E-state index contributed by atoms with van der Waals surface area (Å²) in [5.74, 6) is 0.851. The number of aromatic nitrogens is 2. The maximum Gasteiger partial charge on any atom is 0.127 e. The lowest BCUT2D eigenvalue weighted by molar-refractivity contribution is 0.755. The van der Waals surface area contributed by atoms with Gasteiger partial charge in [-0.3, -0.25) is 4.68 Å². The molecule has 84 valence electrons. The van der Waals surface area contributed by atoms with Crippen molar-refractivity contribution in [2.45, 2.75) is 17.6 Å². The Labute approximate surface area is 105 Å². The Morgan fingerprint density at radius 1 is 1.31 bits per heavy atom. The minimum atomic E-state index is 0.680. The van der Waals surface area contributed by atoms with Gasteiger partial charge in [0.1, 0.15) is 5.15 Å². The Bertz CT molecular complexity index is 457. The van der Waals surface area contributed by atoms with E-state index in [0.29, 0.717) is 5.15 Å². The van der Waals surface area contributed by atoms with E-state index in [4.69, 9.17) is 11.6 Å².